The van der Waals surface area contributed by atoms with Gasteiger partial charge in [0, 0.05) is 45.6 Å². The first-order chi connectivity index (χ1) is 11.5. The smallest absolute Gasteiger partial charge is 0.274 e. The molecule has 8 heteroatoms. The summed E-state index contributed by atoms with van der Waals surface area (Å²) in [7, 11) is 3.35. The van der Waals surface area contributed by atoms with Gasteiger partial charge in [-0.05, 0) is 12.8 Å². The molecule has 3 aliphatic heterocycles. The van der Waals surface area contributed by atoms with Crippen molar-refractivity contribution in [1.82, 2.24) is 24.7 Å². The van der Waals surface area contributed by atoms with E-state index in [0.29, 0.717) is 13.1 Å². The van der Waals surface area contributed by atoms with Crippen molar-refractivity contribution in [2.24, 2.45) is 5.92 Å². The maximum atomic E-state index is 12.7. The van der Waals surface area contributed by atoms with Gasteiger partial charge >= 0.3 is 0 Å². The zero-order valence-electron chi connectivity index (χ0n) is 13.9. The lowest BCUT2D eigenvalue weighted by Crippen LogP contribution is -2.51. The molecule has 2 atom stereocenters. The largest absolute Gasteiger partial charge is 0.347 e. The molecule has 0 unspecified atom stereocenters. The fourth-order valence-corrected chi connectivity index (χ4v) is 3.27. The summed E-state index contributed by atoms with van der Waals surface area (Å²) < 4.78 is 0. The van der Waals surface area contributed by atoms with Gasteiger partial charge in [-0.1, -0.05) is 0 Å². The molecule has 0 spiro atoms. The number of hydrogen-bond donors (Lipinski definition) is 0. The van der Waals surface area contributed by atoms with Crippen LogP contribution in [0.5, 0.6) is 0 Å². The number of amides is 3. The Morgan fingerprint density at radius 1 is 1.25 bits per heavy atom. The standard InChI is InChI=1S/C16H21N5O3/c1-19(2)14(22)10-21-12-4-3-11(15(21)23)8-20(9-12)16(24)13-7-17-5-6-18-13/h5-7,11-12H,3-4,8-10H2,1-2H3/t11-,12+/m0/s1. The van der Waals surface area contributed by atoms with E-state index in [1.165, 1.54) is 23.5 Å². The van der Waals surface area contributed by atoms with E-state index in [4.69, 9.17) is 0 Å². The lowest BCUT2D eigenvalue weighted by atomic mass is 9.94. The molecule has 8 nitrogen and oxygen atoms in total. The van der Waals surface area contributed by atoms with Crippen LogP contribution in [0.15, 0.2) is 18.6 Å². The van der Waals surface area contributed by atoms with Gasteiger partial charge in [-0.2, -0.15) is 0 Å². The zero-order valence-corrected chi connectivity index (χ0v) is 13.9. The third kappa shape index (κ3) is 3.08. The molecule has 128 valence electrons. The second-order valence-corrected chi connectivity index (χ2v) is 6.48. The van der Waals surface area contributed by atoms with Gasteiger partial charge in [-0.15, -0.1) is 0 Å². The SMILES string of the molecule is CN(C)C(=O)CN1C(=O)[C@H]2CC[C@@H]1CN(C(=O)c1cnccn1)C2. The van der Waals surface area contributed by atoms with Gasteiger partial charge < -0.3 is 14.7 Å². The summed E-state index contributed by atoms with van der Waals surface area (Å²) in [6.45, 7) is 0.871. The number of piperidine rings is 1. The summed E-state index contributed by atoms with van der Waals surface area (Å²) in [4.78, 5) is 50.1. The van der Waals surface area contributed by atoms with Crippen molar-refractivity contribution in [3.8, 4) is 0 Å². The first kappa shape index (κ1) is 16.4. The highest BCUT2D eigenvalue weighted by molar-refractivity contribution is 5.93. The normalized spacial score (nSPS) is 23.2. The van der Waals surface area contributed by atoms with E-state index in [-0.39, 0.29) is 41.9 Å². The van der Waals surface area contributed by atoms with Crippen LogP contribution in [-0.2, 0) is 9.59 Å². The van der Waals surface area contributed by atoms with Gasteiger partial charge in [0.25, 0.3) is 5.91 Å². The van der Waals surface area contributed by atoms with E-state index >= 15 is 0 Å². The Hall–Kier alpha value is -2.51. The molecular formula is C16H21N5O3. The Labute approximate surface area is 140 Å². The minimum atomic E-state index is -0.251. The Morgan fingerprint density at radius 3 is 2.71 bits per heavy atom. The number of rotatable bonds is 3. The average molecular weight is 331 g/mol. The molecule has 1 aromatic rings. The molecule has 0 N–H and O–H groups in total. The van der Waals surface area contributed by atoms with Gasteiger partial charge in [-0.3, -0.25) is 19.4 Å². The van der Waals surface area contributed by atoms with Crippen molar-refractivity contribution in [3.63, 3.8) is 0 Å². The summed E-state index contributed by atoms with van der Waals surface area (Å²) in [6, 6.07) is -0.124. The van der Waals surface area contributed by atoms with Gasteiger partial charge in [0.05, 0.1) is 12.1 Å². The van der Waals surface area contributed by atoms with Crippen LogP contribution >= 0.6 is 0 Å². The zero-order chi connectivity index (χ0) is 17.3. The third-order valence-electron chi connectivity index (χ3n) is 4.67. The quantitative estimate of drug-likeness (QED) is 0.754. The number of carbonyl (C=O) groups excluding carboxylic acids is 3. The van der Waals surface area contributed by atoms with E-state index in [2.05, 4.69) is 9.97 Å². The molecule has 24 heavy (non-hydrogen) atoms. The first-order valence-electron chi connectivity index (χ1n) is 8.03. The lowest BCUT2D eigenvalue weighted by molar-refractivity contribution is -0.145. The monoisotopic (exact) mass is 331 g/mol. The van der Waals surface area contributed by atoms with E-state index in [1.807, 2.05) is 0 Å². The topological polar surface area (TPSA) is 86.7 Å². The molecule has 4 heterocycles. The van der Waals surface area contributed by atoms with Crippen LogP contribution in [-0.4, -0.2) is 82.2 Å². The minimum absolute atomic E-state index is 0.0316. The number of aromatic nitrogens is 2. The number of likely N-dealkylation sites (N-methyl/N-ethyl adjacent to an activating group) is 1. The number of nitrogens with zero attached hydrogens (tertiary/aromatic N) is 5. The Bertz CT molecular complexity index is 648. The maximum absolute atomic E-state index is 12.7. The fraction of sp³-hybridized carbons (Fsp3) is 0.562. The number of hydrogen-bond acceptors (Lipinski definition) is 5. The minimum Gasteiger partial charge on any atom is -0.347 e. The Morgan fingerprint density at radius 2 is 2.04 bits per heavy atom. The molecule has 0 saturated carbocycles. The van der Waals surface area contributed by atoms with Crippen molar-refractivity contribution in [1.29, 1.82) is 0 Å². The van der Waals surface area contributed by atoms with Crippen molar-refractivity contribution >= 4 is 17.7 Å². The predicted octanol–water partition coefficient (Wildman–Crippen LogP) is -0.372. The highest BCUT2D eigenvalue weighted by atomic mass is 16.2. The molecule has 3 fully saturated rings. The molecular weight excluding hydrogens is 310 g/mol. The van der Waals surface area contributed by atoms with Crippen molar-refractivity contribution < 1.29 is 14.4 Å². The van der Waals surface area contributed by atoms with Crippen LogP contribution in [0.4, 0.5) is 0 Å². The highest BCUT2D eigenvalue weighted by Crippen LogP contribution is 2.29. The van der Waals surface area contributed by atoms with Crippen LogP contribution in [0.2, 0.25) is 0 Å². The first-order valence-corrected chi connectivity index (χ1v) is 8.03. The van der Waals surface area contributed by atoms with Crippen molar-refractivity contribution in [3.05, 3.63) is 24.3 Å². The van der Waals surface area contributed by atoms with Crippen LogP contribution in [0, 0.1) is 5.92 Å². The van der Waals surface area contributed by atoms with Gasteiger partial charge in [0.15, 0.2) is 0 Å². The van der Waals surface area contributed by atoms with E-state index in [9.17, 15) is 14.4 Å². The molecule has 3 aliphatic rings. The maximum Gasteiger partial charge on any atom is 0.274 e. The fourth-order valence-electron chi connectivity index (χ4n) is 3.27. The summed E-state index contributed by atoms with van der Waals surface area (Å²) in [6.07, 6.45) is 5.99. The Kier molecular flexibility index (Phi) is 4.46. The van der Waals surface area contributed by atoms with E-state index in [0.717, 1.165) is 12.8 Å². The van der Waals surface area contributed by atoms with E-state index in [1.54, 1.807) is 23.9 Å². The van der Waals surface area contributed by atoms with Crippen LogP contribution in [0.3, 0.4) is 0 Å². The van der Waals surface area contributed by atoms with Crippen molar-refractivity contribution in [2.75, 3.05) is 33.7 Å². The highest BCUT2D eigenvalue weighted by Gasteiger charge is 2.42. The molecule has 1 aromatic heterocycles. The Balaban J connectivity index is 1.78. The van der Waals surface area contributed by atoms with Crippen LogP contribution in [0.1, 0.15) is 23.3 Å². The lowest BCUT2D eigenvalue weighted by Gasteiger charge is -2.35. The number of carbonyl (C=O) groups is 3. The van der Waals surface area contributed by atoms with Crippen LogP contribution < -0.4 is 0 Å². The summed E-state index contributed by atoms with van der Waals surface area (Å²) in [5.41, 5.74) is 0.280. The van der Waals surface area contributed by atoms with E-state index < -0.39 is 0 Å². The summed E-state index contributed by atoms with van der Waals surface area (Å²) >= 11 is 0. The molecule has 2 bridgehead atoms. The predicted molar refractivity (Wildman–Crippen MR) is 84.9 cm³/mol. The molecule has 0 radical (unpaired) electrons. The number of fused-ring (bicyclic) bond motifs is 4. The molecule has 4 rings (SSSR count). The van der Waals surface area contributed by atoms with Gasteiger partial charge in [-0.25, -0.2) is 4.98 Å². The molecule has 0 aliphatic carbocycles. The third-order valence-corrected chi connectivity index (χ3v) is 4.67. The van der Waals surface area contributed by atoms with Gasteiger partial charge in [0.2, 0.25) is 11.8 Å². The van der Waals surface area contributed by atoms with Gasteiger partial charge in [0.1, 0.15) is 12.2 Å². The summed E-state index contributed by atoms with van der Waals surface area (Å²) in [5.74, 6) is -0.605. The summed E-state index contributed by atoms with van der Waals surface area (Å²) in [5, 5.41) is 0. The van der Waals surface area contributed by atoms with Crippen molar-refractivity contribution in [2.45, 2.75) is 18.9 Å². The second-order valence-electron chi connectivity index (χ2n) is 6.48. The van der Waals surface area contributed by atoms with Crippen LogP contribution in [0.25, 0.3) is 0 Å². The molecule has 3 amide bonds. The molecule has 0 aromatic carbocycles. The second kappa shape index (κ2) is 6.54. The molecule has 3 saturated heterocycles. The average Bonchev–Trinajstić information content (AvgIpc) is 2.87.